The van der Waals surface area contributed by atoms with Gasteiger partial charge in [-0.05, 0) is 18.4 Å². The number of hydrogen-bond donors (Lipinski definition) is 1. The average molecular weight is 206 g/mol. The van der Waals surface area contributed by atoms with Crippen LogP contribution in [0.25, 0.3) is 10.6 Å². The summed E-state index contributed by atoms with van der Waals surface area (Å²) in [5.41, 5.74) is 2.57. The number of hydrogen-bond acceptors (Lipinski definition) is 4. The minimum Gasteiger partial charge on any atom is -0.390 e. The monoisotopic (exact) mass is 206 g/mol. The molecule has 0 saturated heterocycles. The molecule has 0 atom stereocenters. The second-order valence-corrected chi connectivity index (χ2v) is 3.88. The Balaban J connectivity index is 2.54. The number of rotatable bonds is 2. The smallest absolute Gasteiger partial charge is 0.116 e. The fourth-order valence-electron chi connectivity index (χ4n) is 1.31. The summed E-state index contributed by atoms with van der Waals surface area (Å²) in [5, 5.41) is 11.1. The zero-order chi connectivity index (χ0) is 9.97. The van der Waals surface area contributed by atoms with E-state index in [1.54, 1.807) is 11.3 Å². The highest BCUT2D eigenvalue weighted by molar-refractivity contribution is 7.13. The first kappa shape index (κ1) is 9.30. The molecule has 2 rings (SSSR count). The van der Waals surface area contributed by atoms with Crippen LogP contribution in [0.2, 0.25) is 0 Å². The summed E-state index contributed by atoms with van der Waals surface area (Å²) in [5.74, 6) is 0. The summed E-state index contributed by atoms with van der Waals surface area (Å²) in [6, 6.07) is 4.00. The second-order valence-electron chi connectivity index (χ2n) is 2.93. The van der Waals surface area contributed by atoms with Gasteiger partial charge >= 0.3 is 0 Å². The Morgan fingerprint density at radius 3 is 2.93 bits per heavy atom. The van der Waals surface area contributed by atoms with Crippen molar-refractivity contribution in [3.05, 3.63) is 35.1 Å². The lowest BCUT2D eigenvalue weighted by Gasteiger charge is -2.05. The van der Waals surface area contributed by atoms with Crippen molar-refractivity contribution < 1.29 is 5.11 Å². The molecular formula is C10H10N2OS. The molecule has 3 nitrogen and oxygen atoms in total. The van der Waals surface area contributed by atoms with Gasteiger partial charge in [0.2, 0.25) is 0 Å². The average Bonchev–Trinajstić information content (AvgIpc) is 2.71. The van der Waals surface area contributed by atoms with Crippen LogP contribution in [-0.4, -0.2) is 15.1 Å². The zero-order valence-corrected chi connectivity index (χ0v) is 8.58. The lowest BCUT2D eigenvalue weighted by molar-refractivity contribution is 0.276. The van der Waals surface area contributed by atoms with Crippen LogP contribution in [0, 0.1) is 6.92 Å². The molecule has 2 heterocycles. The first-order valence-electron chi connectivity index (χ1n) is 4.28. The van der Waals surface area contributed by atoms with Crippen molar-refractivity contribution in [1.29, 1.82) is 0 Å². The van der Waals surface area contributed by atoms with Crippen molar-refractivity contribution in [2.75, 3.05) is 0 Å². The highest BCUT2D eigenvalue weighted by Gasteiger charge is 2.08. The van der Waals surface area contributed by atoms with Crippen LogP contribution in [0.5, 0.6) is 0 Å². The fourth-order valence-corrected chi connectivity index (χ4v) is 2.09. The van der Waals surface area contributed by atoms with E-state index in [-0.39, 0.29) is 6.61 Å². The maximum atomic E-state index is 9.05. The van der Waals surface area contributed by atoms with E-state index in [0.717, 1.165) is 16.1 Å². The van der Waals surface area contributed by atoms with E-state index < -0.39 is 0 Å². The number of aliphatic hydroxyl groups is 1. The second kappa shape index (κ2) is 3.86. The Morgan fingerprint density at radius 1 is 1.43 bits per heavy atom. The van der Waals surface area contributed by atoms with Gasteiger partial charge in [0, 0.05) is 5.56 Å². The molecule has 2 aromatic rings. The lowest BCUT2D eigenvalue weighted by atomic mass is 10.1. The Labute approximate surface area is 86.1 Å². The Hall–Kier alpha value is -1.26. The predicted octanol–water partition coefficient (Wildman–Crippen LogP) is 2.01. The van der Waals surface area contributed by atoms with Gasteiger partial charge in [0.15, 0.2) is 0 Å². The Bertz CT molecular complexity index is 426. The molecule has 0 aliphatic carbocycles. The van der Waals surface area contributed by atoms with Crippen LogP contribution in [0.3, 0.4) is 0 Å². The Morgan fingerprint density at radius 2 is 2.29 bits per heavy atom. The van der Waals surface area contributed by atoms with E-state index in [2.05, 4.69) is 9.97 Å². The van der Waals surface area contributed by atoms with Gasteiger partial charge in [-0.15, -0.1) is 11.3 Å². The molecule has 0 amide bonds. The highest BCUT2D eigenvalue weighted by atomic mass is 32.1. The molecule has 0 aromatic carbocycles. The number of thiophene rings is 1. The molecule has 0 fully saturated rings. The molecular weight excluding hydrogens is 196 g/mol. The molecule has 0 saturated carbocycles. The normalized spacial score (nSPS) is 10.4. The standard InChI is InChI=1S/C10H10N2OS/c1-7-8(5-13)11-6-12-10(7)9-3-2-4-14-9/h2-4,6,13H,5H2,1H3. The molecule has 0 aliphatic rings. The van der Waals surface area contributed by atoms with Crippen molar-refractivity contribution in [2.24, 2.45) is 0 Å². The van der Waals surface area contributed by atoms with Crippen molar-refractivity contribution >= 4 is 11.3 Å². The van der Waals surface area contributed by atoms with Crippen LogP contribution < -0.4 is 0 Å². The topological polar surface area (TPSA) is 46.0 Å². The number of nitrogens with zero attached hydrogens (tertiary/aromatic N) is 2. The molecule has 0 bridgehead atoms. The molecule has 2 aromatic heterocycles. The van der Waals surface area contributed by atoms with Gasteiger partial charge in [-0.1, -0.05) is 6.07 Å². The summed E-state index contributed by atoms with van der Waals surface area (Å²) in [6.07, 6.45) is 1.49. The van der Waals surface area contributed by atoms with Gasteiger partial charge in [0.05, 0.1) is 22.9 Å². The van der Waals surface area contributed by atoms with Crippen LogP contribution in [0.1, 0.15) is 11.3 Å². The molecule has 0 unspecified atom stereocenters. The van der Waals surface area contributed by atoms with E-state index in [1.165, 1.54) is 6.33 Å². The quantitative estimate of drug-likeness (QED) is 0.817. The largest absolute Gasteiger partial charge is 0.390 e. The SMILES string of the molecule is Cc1c(CO)ncnc1-c1cccs1. The zero-order valence-electron chi connectivity index (χ0n) is 7.77. The maximum Gasteiger partial charge on any atom is 0.116 e. The van der Waals surface area contributed by atoms with Gasteiger partial charge in [0.25, 0.3) is 0 Å². The summed E-state index contributed by atoms with van der Waals surface area (Å²) < 4.78 is 0. The third-order valence-electron chi connectivity index (χ3n) is 2.09. The third-order valence-corrected chi connectivity index (χ3v) is 2.97. The predicted molar refractivity (Wildman–Crippen MR) is 56.0 cm³/mol. The van der Waals surface area contributed by atoms with Crippen molar-refractivity contribution in [1.82, 2.24) is 9.97 Å². The van der Waals surface area contributed by atoms with Crippen LogP contribution in [-0.2, 0) is 6.61 Å². The molecule has 0 aliphatic heterocycles. The van der Waals surface area contributed by atoms with E-state index >= 15 is 0 Å². The summed E-state index contributed by atoms with van der Waals surface area (Å²) in [4.78, 5) is 9.34. The highest BCUT2D eigenvalue weighted by Crippen LogP contribution is 2.26. The molecule has 4 heteroatoms. The lowest BCUT2D eigenvalue weighted by Crippen LogP contribution is -1.97. The van der Waals surface area contributed by atoms with E-state index in [0.29, 0.717) is 5.69 Å². The summed E-state index contributed by atoms with van der Waals surface area (Å²) in [6.45, 7) is 1.90. The fraction of sp³-hybridized carbons (Fsp3) is 0.200. The molecule has 0 spiro atoms. The summed E-state index contributed by atoms with van der Waals surface area (Å²) in [7, 11) is 0. The van der Waals surface area contributed by atoms with Crippen LogP contribution in [0.4, 0.5) is 0 Å². The minimum absolute atomic E-state index is 0.0350. The molecule has 72 valence electrons. The van der Waals surface area contributed by atoms with Crippen molar-refractivity contribution in [3.8, 4) is 10.6 Å². The molecule has 0 radical (unpaired) electrons. The van der Waals surface area contributed by atoms with E-state index in [9.17, 15) is 0 Å². The number of aliphatic hydroxyl groups excluding tert-OH is 1. The van der Waals surface area contributed by atoms with E-state index in [4.69, 9.17) is 5.11 Å². The Kier molecular flexibility index (Phi) is 2.56. The van der Waals surface area contributed by atoms with Crippen molar-refractivity contribution in [3.63, 3.8) is 0 Å². The van der Waals surface area contributed by atoms with Crippen LogP contribution >= 0.6 is 11.3 Å². The van der Waals surface area contributed by atoms with Gasteiger partial charge in [-0.25, -0.2) is 9.97 Å². The minimum atomic E-state index is -0.0350. The summed E-state index contributed by atoms with van der Waals surface area (Å²) >= 11 is 1.64. The van der Waals surface area contributed by atoms with E-state index in [1.807, 2.05) is 24.4 Å². The first-order chi connectivity index (χ1) is 6.83. The maximum absolute atomic E-state index is 9.05. The van der Waals surface area contributed by atoms with Gasteiger partial charge in [0.1, 0.15) is 6.33 Å². The number of aromatic nitrogens is 2. The molecule has 1 N–H and O–H groups in total. The van der Waals surface area contributed by atoms with Gasteiger partial charge in [-0.2, -0.15) is 0 Å². The van der Waals surface area contributed by atoms with Crippen LogP contribution in [0.15, 0.2) is 23.8 Å². The van der Waals surface area contributed by atoms with Gasteiger partial charge in [-0.3, -0.25) is 0 Å². The molecule has 14 heavy (non-hydrogen) atoms. The van der Waals surface area contributed by atoms with Crippen molar-refractivity contribution in [2.45, 2.75) is 13.5 Å². The first-order valence-corrected chi connectivity index (χ1v) is 5.16. The third kappa shape index (κ3) is 1.54. The van der Waals surface area contributed by atoms with Gasteiger partial charge < -0.3 is 5.11 Å².